The Morgan fingerprint density at radius 3 is 2.80 bits per heavy atom. The molecule has 2 bridgehead atoms. The highest BCUT2D eigenvalue weighted by Crippen LogP contribution is 2.52. The predicted molar refractivity (Wildman–Crippen MR) is 40.5 cm³/mol. The van der Waals surface area contributed by atoms with Gasteiger partial charge in [0.05, 0.1) is 0 Å². The van der Waals surface area contributed by atoms with Crippen LogP contribution in [0.25, 0.3) is 0 Å². The van der Waals surface area contributed by atoms with Gasteiger partial charge in [0, 0.05) is 6.61 Å². The summed E-state index contributed by atoms with van der Waals surface area (Å²) in [5, 5.41) is 9.02. The van der Waals surface area contributed by atoms with Gasteiger partial charge in [-0.25, -0.2) is 0 Å². The Labute approximate surface area is 61.8 Å². The molecule has 0 radical (unpaired) electrons. The lowest BCUT2D eigenvalue weighted by Gasteiger charge is -2.25. The summed E-state index contributed by atoms with van der Waals surface area (Å²) in [6, 6.07) is 0. The van der Waals surface area contributed by atoms with Crippen LogP contribution in [0.2, 0.25) is 0 Å². The zero-order valence-corrected chi connectivity index (χ0v) is 6.38. The molecule has 0 aliphatic heterocycles. The molecule has 0 saturated heterocycles. The zero-order valence-electron chi connectivity index (χ0n) is 6.38. The fraction of sp³-hybridized carbons (Fsp3) is 0.778. The fourth-order valence-electron chi connectivity index (χ4n) is 2.44. The van der Waals surface area contributed by atoms with E-state index in [0.717, 1.165) is 5.92 Å². The van der Waals surface area contributed by atoms with E-state index in [1.807, 2.05) is 0 Å². The number of aliphatic hydroxyl groups excluding tert-OH is 1. The van der Waals surface area contributed by atoms with Crippen molar-refractivity contribution in [2.45, 2.75) is 19.8 Å². The lowest BCUT2D eigenvalue weighted by Crippen LogP contribution is -2.21. The first-order chi connectivity index (χ1) is 4.74. The minimum Gasteiger partial charge on any atom is -0.396 e. The second-order valence-electron chi connectivity index (χ2n) is 3.94. The van der Waals surface area contributed by atoms with Crippen molar-refractivity contribution in [3.05, 3.63) is 12.2 Å². The smallest absolute Gasteiger partial charge is 0.0467 e. The molecule has 0 aromatic carbocycles. The molecular formula is C9H14O. The molecule has 1 nitrogen and oxygen atoms in total. The van der Waals surface area contributed by atoms with Crippen molar-refractivity contribution >= 4 is 0 Å². The van der Waals surface area contributed by atoms with Crippen LogP contribution in [0.5, 0.6) is 0 Å². The van der Waals surface area contributed by atoms with Crippen molar-refractivity contribution in [1.29, 1.82) is 0 Å². The topological polar surface area (TPSA) is 20.2 Å². The third-order valence-corrected chi connectivity index (χ3v) is 3.19. The van der Waals surface area contributed by atoms with Gasteiger partial charge in [0.1, 0.15) is 0 Å². The Balaban J connectivity index is 2.23. The van der Waals surface area contributed by atoms with Crippen molar-refractivity contribution in [3.8, 4) is 0 Å². The van der Waals surface area contributed by atoms with E-state index in [0.29, 0.717) is 17.9 Å². The fourth-order valence-corrected chi connectivity index (χ4v) is 2.44. The van der Waals surface area contributed by atoms with Crippen LogP contribution in [0.3, 0.4) is 0 Å². The quantitative estimate of drug-likeness (QED) is 0.545. The van der Waals surface area contributed by atoms with Crippen LogP contribution >= 0.6 is 0 Å². The van der Waals surface area contributed by atoms with E-state index >= 15 is 0 Å². The molecule has 0 heterocycles. The van der Waals surface area contributed by atoms with Crippen molar-refractivity contribution < 1.29 is 5.11 Å². The molecule has 0 spiro atoms. The summed E-state index contributed by atoms with van der Waals surface area (Å²) >= 11 is 0. The largest absolute Gasteiger partial charge is 0.396 e. The van der Waals surface area contributed by atoms with Gasteiger partial charge in [-0.15, -0.1) is 0 Å². The van der Waals surface area contributed by atoms with Crippen LogP contribution in [0.4, 0.5) is 0 Å². The van der Waals surface area contributed by atoms with Crippen molar-refractivity contribution in [3.63, 3.8) is 0 Å². The molecule has 2 rings (SSSR count). The van der Waals surface area contributed by atoms with Gasteiger partial charge in [-0.1, -0.05) is 19.1 Å². The van der Waals surface area contributed by atoms with Crippen molar-refractivity contribution in [2.75, 3.05) is 6.61 Å². The first kappa shape index (κ1) is 6.41. The maximum atomic E-state index is 9.02. The molecule has 56 valence electrons. The Bertz CT molecular complexity index is 174. The summed E-state index contributed by atoms with van der Waals surface area (Å²) in [5.41, 5.74) is 0.347. The molecule has 1 fully saturated rings. The van der Waals surface area contributed by atoms with Crippen LogP contribution in [0.1, 0.15) is 19.8 Å². The average Bonchev–Trinajstić information content (AvgIpc) is 2.41. The highest BCUT2D eigenvalue weighted by atomic mass is 16.3. The van der Waals surface area contributed by atoms with Crippen LogP contribution in [0, 0.1) is 17.3 Å². The summed E-state index contributed by atoms with van der Waals surface area (Å²) in [5.74, 6) is 1.32. The normalized spacial score (nSPS) is 50.6. The second-order valence-corrected chi connectivity index (χ2v) is 3.94. The number of hydrogen-bond donors (Lipinski definition) is 1. The van der Waals surface area contributed by atoms with Gasteiger partial charge in [0.25, 0.3) is 0 Å². The van der Waals surface area contributed by atoms with Gasteiger partial charge >= 0.3 is 0 Å². The maximum Gasteiger partial charge on any atom is 0.0467 e. The van der Waals surface area contributed by atoms with E-state index in [2.05, 4.69) is 19.1 Å². The SMILES string of the molecule is CC12C=CC(CC1CO)C2. The lowest BCUT2D eigenvalue weighted by molar-refractivity contribution is 0.163. The van der Waals surface area contributed by atoms with Crippen molar-refractivity contribution in [2.24, 2.45) is 17.3 Å². The van der Waals surface area contributed by atoms with E-state index < -0.39 is 0 Å². The third-order valence-electron chi connectivity index (χ3n) is 3.19. The molecule has 10 heavy (non-hydrogen) atoms. The first-order valence-corrected chi connectivity index (χ1v) is 4.05. The highest BCUT2D eigenvalue weighted by molar-refractivity contribution is 5.16. The van der Waals surface area contributed by atoms with E-state index in [4.69, 9.17) is 5.11 Å². The third kappa shape index (κ3) is 0.671. The standard InChI is InChI=1S/C9H14O/c1-9-3-2-7(5-9)4-8(9)6-10/h2-3,7-8,10H,4-6H2,1H3. The average molecular weight is 138 g/mol. The van der Waals surface area contributed by atoms with Crippen LogP contribution in [0.15, 0.2) is 12.2 Å². The molecule has 1 heteroatoms. The van der Waals surface area contributed by atoms with Crippen LogP contribution in [-0.4, -0.2) is 11.7 Å². The summed E-state index contributed by atoms with van der Waals surface area (Å²) in [6.07, 6.45) is 7.09. The maximum absolute atomic E-state index is 9.02. The van der Waals surface area contributed by atoms with E-state index in [9.17, 15) is 0 Å². The molecule has 2 aliphatic rings. The second kappa shape index (κ2) is 1.85. The summed E-state index contributed by atoms with van der Waals surface area (Å²) in [6.45, 7) is 2.63. The number of allylic oxidation sites excluding steroid dienone is 2. The minimum atomic E-state index is 0.347. The minimum absolute atomic E-state index is 0.347. The molecule has 1 N–H and O–H groups in total. The number of fused-ring (bicyclic) bond motifs is 2. The Hall–Kier alpha value is -0.300. The highest BCUT2D eigenvalue weighted by Gasteiger charge is 2.44. The molecule has 3 atom stereocenters. The monoisotopic (exact) mass is 138 g/mol. The summed E-state index contributed by atoms with van der Waals surface area (Å²) in [4.78, 5) is 0. The Morgan fingerprint density at radius 1 is 1.70 bits per heavy atom. The number of aliphatic hydroxyl groups is 1. The van der Waals surface area contributed by atoms with E-state index in [1.165, 1.54) is 12.8 Å². The van der Waals surface area contributed by atoms with Gasteiger partial charge in [-0.3, -0.25) is 0 Å². The molecular weight excluding hydrogens is 124 g/mol. The van der Waals surface area contributed by atoms with Gasteiger partial charge in [-0.05, 0) is 30.1 Å². The summed E-state index contributed by atoms with van der Waals surface area (Å²) in [7, 11) is 0. The molecule has 2 aliphatic carbocycles. The van der Waals surface area contributed by atoms with Gasteiger partial charge in [0.2, 0.25) is 0 Å². The first-order valence-electron chi connectivity index (χ1n) is 4.05. The number of hydrogen-bond acceptors (Lipinski definition) is 1. The zero-order chi connectivity index (χ0) is 7.19. The van der Waals surface area contributed by atoms with E-state index in [-0.39, 0.29) is 0 Å². The molecule has 3 unspecified atom stereocenters. The van der Waals surface area contributed by atoms with Gasteiger partial charge < -0.3 is 5.11 Å². The van der Waals surface area contributed by atoms with Crippen molar-refractivity contribution in [1.82, 2.24) is 0 Å². The predicted octanol–water partition coefficient (Wildman–Crippen LogP) is 1.58. The lowest BCUT2D eigenvalue weighted by atomic mass is 9.80. The molecule has 0 amide bonds. The molecule has 1 saturated carbocycles. The van der Waals surface area contributed by atoms with Gasteiger partial charge in [-0.2, -0.15) is 0 Å². The Kier molecular flexibility index (Phi) is 1.19. The van der Waals surface area contributed by atoms with E-state index in [1.54, 1.807) is 0 Å². The van der Waals surface area contributed by atoms with Gasteiger partial charge in [0.15, 0.2) is 0 Å². The molecule has 0 aromatic rings. The van der Waals surface area contributed by atoms with Crippen LogP contribution in [-0.2, 0) is 0 Å². The summed E-state index contributed by atoms with van der Waals surface area (Å²) < 4.78 is 0. The Morgan fingerprint density at radius 2 is 2.50 bits per heavy atom. The van der Waals surface area contributed by atoms with Crippen LogP contribution < -0.4 is 0 Å². The molecule has 0 aromatic heterocycles. The number of rotatable bonds is 1.